The number of rotatable bonds is 4. The number of para-hydroxylation sites is 2. The van der Waals surface area contributed by atoms with Crippen molar-refractivity contribution in [3.05, 3.63) is 24.3 Å². The van der Waals surface area contributed by atoms with E-state index in [1.165, 1.54) is 0 Å². The molecule has 0 saturated carbocycles. The quantitative estimate of drug-likeness (QED) is 0.848. The lowest BCUT2D eigenvalue weighted by molar-refractivity contribution is -0.152. The number of hydrogen-bond donors (Lipinski definition) is 1. The molecule has 3 rings (SSSR count). The fraction of sp³-hybridized carbons (Fsp3) is 0.400. The number of carbonyl (C=O) groups is 2. The van der Waals surface area contributed by atoms with Gasteiger partial charge in [0.15, 0.2) is 12.2 Å². The van der Waals surface area contributed by atoms with Gasteiger partial charge in [-0.1, -0.05) is 12.1 Å². The van der Waals surface area contributed by atoms with Crippen molar-refractivity contribution in [1.82, 2.24) is 4.98 Å². The minimum Gasteiger partial charge on any atom is -0.455 e. The van der Waals surface area contributed by atoms with Gasteiger partial charge in [0.1, 0.15) is 5.52 Å². The van der Waals surface area contributed by atoms with Gasteiger partial charge in [0.05, 0.1) is 5.92 Å². The summed E-state index contributed by atoms with van der Waals surface area (Å²) in [5.41, 5.74) is 6.53. The van der Waals surface area contributed by atoms with Crippen LogP contribution < -0.4 is 10.6 Å². The third kappa shape index (κ3) is 3.03. The number of amides is 1. The predicted molar refractivity (Wildman–Crippen MR) is 79.1 cm³/mol. The smallest absolute Gasteiger partial charge is 0.309 e. The van der Waals surface area contributed by atoms with Crippen LogP contribution in [0.15, 0.2) is 28.7 Å². The molecule has 0 atom stereocenters. The average Bonchev–Trinajstić information content (AvgIpc) is 2.96. The van der Waals surface area contributed by atoms with Crippen LogP contribution in [0.3, 0.4) is 0 Å². The lowest BCUT2D eigenvalue weighted by Gasteiger charge is -2.29. The Kier molecular flexibility index (Phi) is 3.95. The molecule has 1 aromatic heterocycles. The molecule has 1 aliphatic rings. The number of aromatic nitrogens is 1. The number of fused-ring (bicyclic) bond motifs is 1. The van der Waals surface area contributed by atoms with Crippen molar-refractivity contribution in [3.8, 4) is 0 Å². The molecule has 2 N–H and O–H groups in total. The topological polar surface area (TPSA) is 98.7 Å². The number of carbonyl (C=O) groups excluding carboxylic acids is 2. The lowest BCUT2D eigenvalue weighted by Crippen LogP contribution is -2.37. The molecule has 0 bridgehead atoms. The van der Waals surface area contributed by atoms with Crippen LogP contribution in [0.4, 0.5) is 6.01 Å². The van der Waals surface area contributed by atoms with E-state index >= 15 is 0 Å². The van der Waals surface area contributed by atoms with Crippen LogP contribution in [-0.2, 0) is 14.3 Å². The van der Waals surface area contributed by atoms with Crippen LogP contribution in [-0.4, -0.2) is 36.6 Å². The summed E-state index contributed by atoms with van der Waals surface area (Å²) in [4.78, 5) is 28.9. The summed E-state index contributed by atoms with van der Waals surface area (Å²) in [5, 5.41) is 0. The highest BCUT2D eigenvalue weighted by molar-refractivity contribution is 5.80. The maximum absolute atomic E-state index is 11.8. The van der Waals surface area contributed by atoms with Crippen molar-refractivity contribution in [3.63, 3.8) is 0 Å². The summed E-state index contributed by atoms with van der Waals surface area (Å²) < 4.78 is 10.6. The lowest BCUT2D eigenvalue weighted by atomic mass is 9.97. The zero-order valence-corrected chi connectivity index (χ0v) is 12.0. The summed E-state index contributed by atoms with van der Waals surface area (Å²) >= 11 is 0. The Labute approximate surface area is 127 Å². The number of hydrogen-bond acceptors (Lipinski definition) is 6. The molecule has 0 spiro atoms. The van der Waals surface area contributed by atoms with Gasteiger partial charge in [-0.2, -0.15) is 4.98 Å². The Morgan fingerprint density at radius 3 is 2.73 bits per heavy atom. The molecule has 0 radical (unpaired) electrons. The molecule has 1 amide bonds. The fourth-order valence-electron chi connectivity index (χ4n) is 2.56. The molecule has 7 heteroatoms. The van der Waals surface area contributed by atoms with Crippen LogP contribution in [0.25, 0.3) is 11.1 Å². The third-order valence-electron chi connectivity index (χ3n) is 3.74. The van der Waals surface area contributed by atoms with Crippen molar-refractivity contribution in [1.29, 1.82) is 0 Å². The number of oxazole rings is 1. The normalized spacial score (nSPS) is 15.9. The van der Waals surface area contributed by atoms with Crippen LogP contribution in [0.2, 0.25) is 0 Å². The van der Waals surface area contributed by atoms with E-state index in [4.69, 9.17) is 14.9 Å². The van der Waals surface area contributed by atoms with E-state index in [9.17, 15) is 9.59 Å². The van der Waals surface area contributed by atoms with E-state index in [-0.39, 0.29) is 18.5 Å². The fourth-order valence-corrected chi connectivity index (χ4v) is 2.56. The van der Waals surface area contributed by atoms with Crippen LogP contribution in [0.1, 0.15) is 12.8 Å². The zero-order chi connectivity index (χ0) is 15.5. The number of ether oxygens (including phenoxy) is 1. The monoisotopic (exact) mass is 303 g/mol. The van der Waals surface area contributed by atoms with Crippen molar-refractivity contribution >= 4 is 29.0 Å². The minimum atomic E-state index is -0.641. The van der Waals surface area contributed by atoms with Crippen LogP contribution in [0.5, 0.6) is 0 Å². The first-order chi connectivity index (χ1) is 10.6. The second-order valence-corrected chi connectivity index (χ2v) is 5.30. The van der Waals surface area contributed by atoms with E-state index in [0.29, 0.717) is 31.9 Å². The molecular formula is C15H17N3O4. The molecular weight excluding hydrogens is 286 g/mol. The molecule has 1 saturated heterocycles. The largest absolute Gasteiger partial charge is 0.455 e. The number of primary amides is 1. The van der Waals surface area contributed by atoms with Crippen LogP contribution >= 0.6 is 0 Å². The number of esters is 1. The van der Waals surface area contributed by atoms with Gasteiger partial charge in [0.2, 0.25) is 0 Å². The average molecular weight is 303 g/mol. The maximum Gasteiger partial charge on any atom is 0.309 e. The van der Waals surface area contributed by atoms with Crippen molar-refractivity contribution in [2.24, 2.45) is 11.7 Å². The molecule has 1 fully saturated rings. The van der Waals surface area contributed by atoms with Crippen molar-refractivity contribution < 1.29 is 18.7 Å². The Balaban J connectivity index is 1.59. The molecule has 0 unspecified atom stereocenters. The van der Waals surface area contributed by atoms with E-state index in [1.54, 1.807) is 0 Å². The van der Waals surface area contributed by atoms with E-state index in [0.717, 1.165) is 11.1 Å². The highest BCUT2D eigenvalue weighted by atomic mass is 16.5. The Bertz CT molecular complexity index is 656. The van der Waals surface area contributed by atoms with Crippen molar-refractivity contribution in [2.75, 3.05) is 24.6 Å². The van der Waals surface area contributed by atoms with Gasteiger partial charge in [0.25, 0.3) is 11.9 Å². The maximum atomic E-state index is 11.8. The van der Waals surface area contributed by atoms with Crippen molar-refractivity contribution in [2.45, 2.75) is 12.8 Å². The Morgan fingerprint density at radius 1 is 1.32 bits per heavy atom. The first-order valence-corrected chi connectivity index (χ1v) is 7.19. The highest BCUT2D eigenvalue weighted by Gasteiger charge is 2.28. The summed E-state index contributed by atoms with van der Waals surface area (Å²) in [6.07, 6.45) is 1.27. The van der Waals surface area contributed by atoms with Gasteiger partial charge in [-0.05, 0) is 25.0 Å². The number of piperidine rings is 1. The zero-order valence-electron chi connectivity index (χ0n) is 12.0. The molecule has 22 heavy (non-hydrogen) atoms. The summed E-state index contributed by atoms with van der Waals surface area (Å²) in [7, 11) is 0. The molecule has 116 valence electrons. The first-order valence-electron chi connectivity index (χ1n) is 7.19. The predicted octanol–water partition coefficient (Wildman–Crippen LogP) is 1.07. The molecule has 7 nitrogen and oxygen atoms in total. The second kappa shape index (κ2) is 6.05. The Morgan fingerprint density at radius 2 is 2.05 bits per heavy atom. The summed E-state index contributed by atoms with van der Waals surface area (Å²) in [6, 6.07) is 8.16. The highest BCUT2D eigenvalue weighted by Crippen LogP contribution is 2.26. The number of nitrogens with zero attached hydrogens (tertiary/aromatic N) is 2. The number of anilines is 1. The van der Waals surface area contributed by atoms with Gasteiger partial charge >= 0.3 is 5.97 Å². The molecule has 2 heterocycles. The van der Waals surface area contributed by atoms with Gasteiger partial charge in [-0.3, -0.25) is 9.59 Å². The molecule has 1 aromatic carbocycles. The minimum absolute atomic E-state index is 0.208. The van der Waals surface area contributed by atoms with E-state index in [2.05, 4.69) is 4.98 Å². The molecule has 0 aliphatic carbocycles. The first kappa shape index (κ1) is 14.4. The van der Waals surface area contributed by atoms with E-state index in [1.807, 2.05) is 29.2 Å². The number of nitrogens with two attached hydrogens (primary N) is 1. The van der Waals surface area contributed by atoms with E-state index < -0.39 is 5.91 Å². The van der Waals surface area contributed by atoms with Gasteiger partial charge in [0, 0.05) is 13.1 Å². The molecule has 1 aliphatic heterocycles. The Hall–Kier alpha value is -2.57. The SMILES string of the molecule is NC(=O)COC(=O)C1CCN(c2nc3ccccc3o2)CC1. The second-order valence-electron chi connectivity index (χ2n) is 5.30. The third-order valence-corrected chi connectivity index (χ3v) is 3.74. The van der Waals surface area contributed by atoms with Gasteiger partial charge in [-0.25, -0.2) is 0 Å². The number of benzene rings is 1. The van der Waals surface area contributed by atoms with Gasteiger partial charge in [-0.15, -0.1) is 0 Å². The summed E-state index contributed by atoms with van der Waals surface area (Å²) in [5.74, 6) is -1.21. The van der Waals surface area contributed by atoms with Gasteiger partial charge < -0.3 is 19.8 Å². The standard InChI is InChI=1S/C15H17N3O4/c16-13(19)9-21-14(20)10-5-7-18(8-6-10)15-17-11-3-1-2-4-12(11)22-15/h1-4,10H,5-9H2,(H2,16,19). The van der Waals surface area contributed by atoms with Crippen LogP contribution in [0, 0.1) is 5.92 Å². The summed E-state index contributed by atoms with van der Waals surface area (Å²) in [6.45, 7) is 0.955. The molecule has 2 aromatic rings.